The van der Waals surface area contributed by atoms with Gasteiger partial charge in [-0.2, -0.15) is 10.5 Å². The summed E-state index contributed by atoms with van der Waals surface area (Å²) < 4.78 is 0. The van der Waals surface area contributed by atoms with Crippen LogP contribution in [0.2, 0.25) is 0 Å². The summed E-state index contributed by atoms with van der Waals surface area (Å²) in [6, 6.07) is 22.5. The van der Waals surface area contributed by atoms with E-state index >= 15 is 0 Å². The first-order valence-corrected chi connectivity index (χ1v) is 7.70. The third-order valence-corrected chi connectivity index (χ3v) is 5.01. The molecule has 2 aliphatic heterocycles. The van der Waals surface area contributed by atoms with Crippen molar-refractivity contribution in [2.75, 3.05) is 6.54 Å². The van der Waals surface area contributed by atoms with Crippen molar-refractivity contribution in [2.45, 2.75) is 12.0 Å². The van der Waals surface area contributed by atoms with Crippen LogP contribution in [0.5, 0.6) is 0 Å². The molecule has 1 unspecified atom stereocenters. The molecule has 0 N–H and O–H groups in total. The van der Waals surface area contributed by atoms with Crippen LogP contribution in [0.1, 0.15) is 28.7 Å². The highest BCUT2D eigenvalue weighted by atomic mass is 15.2. The Kier molecular flexibility index (Phi) is 2.96. The van der Waals surface area contributed by atoms with Crippen LogP contribution in [0.4, 0.5) is 0 Å². The topological polar surface area (TPSA) is 50.8 Å². The van der Waals surface area contributed by atoms with E-state index in [1.165, 1.54) is 0 Å². The normalized spacial score (nSPS) is 23.5. The second-order valence-electron chi connectivity index (χ2n) is 6.10. The molecule has 0 spiro atoms. The molecule has 2 aromatic rings. The predicted molar refractivity (Wildman–Crippen MR) is 87.8 cm³/mol. The SMILES string of the molecule is N#CC1(C#N)C(c2ccccc2)CN2C=Cc3ccccc3[C@@H]21. The second-order valence-corrected chi connectivity index (χ2v) is 6.10. The summed E-state index contributed by atoms with van der Waals surface area (Å²) in [6.07, 6.45) is 4.10. The number of benzene rings is 2. The summed E-state index contributed by atoms with van der Waals surface area (Å²) in [7, 11) is 0. The maximum atomic E-state index is 9.99. The van der Waals surface area contributed by atoms with Gasteiger partial charge in [-0.25, -0.2) is 0 Å². The molecule has 23 heavy (non-hydrogen) atoms. The van der Waals surface area contributed by atoms with E-state index in [1.54, 1.807) is 0 Å². The van der Waals surface area contributed by atoms with Gasteiger partial charge in [-0.3, -0.25) is 0 Å². The van der Waals surface area contributed by atoms with Gasteiger partial charge in [0.15, 0.2) is 5.41 Å². The summed E-state index contributed by atoms with van der Waals surface area (Å²) >= 11 is 0. The number of nitriles is 2. The van der Waals surface area contributed by atoms with Crippen LogP contribution in [0.25, 0.3) is 6.08 Å². The van der Waals surface area contributed by atoms with E-state index in [1.807, 2.05) is 60.8 Å². The zero-order chi connectivity index (χ0) is 15.9. The van der Waals surface area contributed by atoms with E-state index in [9.17, 15) is 10.5 Å². The van der Waals surface area contributed by atoms with Gasteiger partial charge < -0.3 is 4.90 Å². The van der Waals surface area contributed by atoms with Crippen molar-refractivity contribution >= 4 is 6.08 Å². The minimum absolute atomic E-state index is 0.125. The maximum absolute atomic E-state index is 9.99. The van der Waals surface area contributed by atoms with Gasteiger partial charge in [0, 0.05) is 18.7 Å². The van der Waals surface area contributed by atoms with Crippen molar-refractivity contribution in [3.05, 3.63) is 77.5 Å². The quantitative estimate of drug-likeness (QED) is 0.803. The van der Waals surface area contributed by atoms with Crippen molar-refractivity contribution in [2.24, 2.45) is 5.41 Å². The summed E-state index contributed by atoms with van der Waals surface area (Å²) in [6.45, 7) is 0.681. The fraction of sp³-hybridized carbons (Fsp3) is 0.200. The molecule has 2 aliphatic rings. The zero-order valence-electron chi connectivity index (χ0n) is 12.6. The van der Waals surface area contributed by atoms with Gasteiger partial charge in [0.05, 0.1) is 18.2 Å². The van der Waals surface area contributed by atoms with Crippen LogP contribution >= 0.6 is 0 Å². The molecule has 2 aromatic carbocycles. The third kappa shape index (κ3) is 1.81. The fourth-order valence-electron chi connectivity index (χ4n) is 3.93. The monoisotopic (exact) mass is 297 g/mol. The third-order valence-electron chi connectivity index (χ3n) is 5.01. The van der Waals surface area contributed by atoms with Gasteiger partial charge >= 0.3 is 0 Å². The van der Waals surface area contributed by atoms with Crippen LogP contribution in [0.15, 0.2) is 60.8 Å². The highest BCUT2D eigenvalue weighted by Gasteiger charge is 2.57. The zero-order valence-corrected chi connectivity index (χ0v) is 12.6. The fourth-order valence-corrected chi connectivity index (χ4v) is 3.93. The Morgan fingerprint density at radius 2 is 1.65 bits per heavy atom. The van der Waals surface area contributed by atoms with Gasteiger partial charge in [0.2, 0.25) is 0 Å². The Labute approximate surface area is 135 Å². The summed E-state index contributed by atoms with van der Waals surface area (Å²) in [4.78, 5) is 2.15. The highest BCUT2D eigenvalue weighted by Crippen LogP contribution is 2.56. The Morgan fingerprint density at radius 1 is 0.957 bits per heavy atom. The molecule has 0 saturated carbocycles. The number of rotatable bonds is 1. The lowest BCUT2D eigenvalue weighted by molar-refractivity contribution is 0.295. The molecule has 3 heteroatoms. The second kappa shape index (κ2) is 5.00. The first-order valence-electron chi connectivity index (χ1n) is 7.70. The number of hydrogen-bond acceptors (Lipinski definition) is 3. The lowest BCUT2D eigenvalue weighted by Gasteiger charge is -2.33. The molecule has 4 rings (SSSR count). The molecule has 0 aliphatic carbocycles. The molecule has 1 saturated heterocycles. The largest absolute Gasteiger partial charge is 0.367 e. The van der Waals surface area contributed by atoms with Crippen LogP contribution in [0, 0.1) is 28.1 Å². The summed E-state index contributed by atoms with van der Waals surface area (Å²) in [5.41, 5.74) is 2.13. The summed E-state index contributed by atoms with van der Waals surface area (Å²) in [5, 5.41) is 20.0. The Balaban J connectivity index is 1.91. The Morgan fingerprint density at radius 3 is 2.39 bits per heavy atom. The van der Waals surface area contributed by atoms with E-state index in [2.05, 4.69) is 23.1 Å². The molecular weight excluding hydrogens is 282 g/mol. The van der Waals surface area contributed by atoms with Crippen molar-refractivity contribution in [1.82, 2.24) is 4.90 Å². The van der Waals surface area contributed by atoms with E-state index in [0.717, 1.165) is 16.7 Å². The Bertz CT molecular complexity index is 840. The average Bonchev–Trinajstić information content (AvgIpc) is 2.97. The number of fused-ring (bicyclic) bond motifs is 3. The first kappa shape index (κ1) is 13.6. The van der Waals surface area contributed by atoms with Gasteiger partial charge in [0.1, 0.15) is 0 Å². The summed E-state index contributed by atoms with van der Waals surface area (Å²) in [5.74, 6) is -0.125. The molecule has 3 nitrogen and oxygen atoms in total. The number of nitrogens with zero attached hydrogens (tertiary/aromatic N) is 3. The highest BCUT2D eigenvalue weighted by molar-refractivity contribution is 5.60. The lowest BCUT2D eigenvalue weighted by atomic mass is 9.70. The molecule has 2 heterocycles. The molecule has 1 fully saturated rings. The molecule has 2 atom stereocenters. The predicted octanol–water partition coefficient (Wildman–Crippen LogP) is 3.84. The van der Waals surface area contributed by atoms with E-state index in [4.69, 9.17) is 0 Å². The van der Waals surface area contributed by atoms with Crippen LogP contribution < -0.4 is 0 Å². The molecule has 110 valence electrons. The van der Waals surface area contributed by atoms with Crippen LogP contribution in [-0.2, 0) is 0 Å². The van der Waals surface area contributed by atoms with Crippen molar-refractivity contribution in [1.29, 1.82) is 10.5 Å². The first-order chi connectivity index (χ1) is 11.3. The van der Waals surface area contributed by atoms with E-state index in [0.29, 0.717) is 6.54 Å². The lowest BCUT2D eigenvalue weighted by Crippen LogP contribution is -2.31. The van der Waals surface area contributed by atoms with Crippen molar-refractivity contribution in [3.63, 3.8) is 0 Å². The maximum Gasteiger partial charge on any atom is 0.176 e. The number of hydrogen-bond donors (Lipinski definition) is 0. The Hall–Kier alpha value is -3.04. The average molecular weight is 297 g/mol. The molecule has 0 bridgehead atoms. The molecule has 0 amide bonds. The van der Waals surface area contributed by atoms with Crippen molar-refractivity contribution < 1.29 is 0 Å². The van der Waals surface area contributed by atoms with Crippen molar-refractivity contribution in [3.8, 4) is 12.1 Å². The van der Waals surface area contributed by atoms with Gasteiger partial charge in [-0.15, -0.1) is 0 Å². The van der Waals surface area contributed by atoms with E-state index in [-0.39, 0.29) is 12.0 Å². The minimum atomic E-state index is -1.08. The van der Waals surface area contributed by atoms with Crippen LogP contribution in [-0.4, -0.2) is 11.4 Å². The molecular formula is C20H15N3. The minimum Gasteiger partial charge on any atom is -0.367 e. The smallest absolute Gasteiger partial charge is 0.176 e. The standard InChI is InChI=1S/C20H15N3/c21-13-20(14-22)18(16-7-2-1-3-8-16)12-23-11-10-15-6-4-5-9-17(15)19(20)23/h1-11,18-19H,12H2/t18?,19-/m1/s1. The van der Waals surface area contributed by atoms with Gasteiger partial charge in [-0.05, 0) is 22.8 Å². The molecule has 0 radical (unpaired) electrons. The van der Waals surface area contributed by atoms with Crippen LogP contribution in [0.3, 0.4) is 0 Å². The van der Waals surface area contributed by atoms with E-state index < -0.39 is 5.41 Å². The molecule has 0 aromatic heterocycles. The van der Waals surface area contributed by atoms with Gasteiger partial charge in [0.25, 0.3) is 0 Å². The van der Waals surface area contributed by atoms with Gasteiger partial charge in [-0.1, -0.05) is 54.6 Å².